The number of hydrogen-bond donors (Lipinski definition) is 0. The van der Waals surface area contributed by atoms with Gasteiger partial charge in [-0.1, -0.05) is 153 Å². The Bertz CT molecular complexity index is 1910. The summed E-state index contributed by atoms with van der Waals surface area (Å²) in [5.74, 6) is 3.49. The fourth-order valence-electron chi connectivity index (χ4n) is 8.53. The first-order valence-corrected chi connectivity index (χ1v) is 20.9. The molecule has 4 aromatic rings. The summed E-state index contributed by atoms with van der Waals surface area (Å²) < 4.78 is 6.09. The van der Waals surface area contributed by atoms with Crippen LogP contribution in [0, 0.1) is 17.8 Å². The van der Waals surface area contributed by atoms with Crippen molar-refractivity contribution < 1.29 is 9.53 Å². The van der Waals surface area contributed by atoms with E-state index in [0.717, 1.165) is 57.3 Å². The number of ketones is 1. The summed E-state index contributed by atoms with van der Waals surface area (Å²) >= 11 is 0. The van der Waals surface area contributed by atoms with E-state index in [9.17, 15) is 4.79 Å². The standard InChI is InChI=1S/C51H66O2/c1-10-14-15-49(52)38(11-2)31-37-16-18-43(19-17-37)48-32-39(12-3)50-46(41-22-20-40(21-23-41)36(9)30-34(5)6)28-29-47(51(50)45(48)13-4)42-24-26-44(27-25-42)53-33-35(7)8/h16-29,34-36,38,48H,10-15,30-33H2,1-9H3. The van der Waals surface area contributed by atoms with E-state index in [1.807, 2.05) is 0 Å². The Balaban J connectivity index is 1.63. The van der Waals surface area contributed by atoms with Crippen molar-refractivity contribution in [2.24, 2.45) is 17.8 Å². The molecule has 0 aromatic heterocycles. The maximum Gasteiger partial charge on any atom is 0.136 e. The molecule has 0 bridgehead atoms. The fraction of sp³-hybridized carbons (Fsp3) is 0.471. The molecule has 3 unspecified atom stereocenters. The Morgan fingerprint density at radius 2 is 1.34 bits per heavy atom. The van der Waals surface area contributed by atoms with Crippen molar-refractivity contribution in [1.82, 2.24) is 0 Å². The number of ether oxygens (including phenoxy) is 1. The molecular formula is C51H66O2. The largest absolute Gasteiger partial charge is 0.493 e. The molecule has 0 aliphatic heterocycles. The lowest BCUT2D eigenvalue weighted by molar-refractivity contribution is -0.123. The predicted octanol–water partition coefficient (Wildman–Crippen LogP) is 12.8. The van der Waals surface area contributed by atoms with Crippen molar-refractivity contribution in [1.29, 1.82) is 0 Å². The molecule has 4 aromatic carbocycles. The summed E-state index contributed by atoms with van der Waals surface area (Å²) in [6.07, 6.45) is 8.73. The van der Waals surface area contributed by atoms with Crippen LogP contribution in [0.15, 0.2) is 84.9 Å². The molecule has 282 valence electrons. The van der Waals surface area contributed by atoms with Crippen LogP contribution in [-0.4, -0.2) is 12.4 Å². The highest BCUT2D eigenvalue weighted by Gasteiger charge is 2.26. The number of rotatable bonds is 18. The number of hydrogen-bond acceptors (Lipinski definition) is 2. The predicted molar refractivity (Wildman–Crippen MR) is 228 cm³/mol. The van der Waals surface area contributed by atoms with Crippen LogP contribution in [0.1, 0.15) is 142 Å². The van der Waals surface area contributed by atoms with E-state index in [0.29, 0.717) is 35.9 Å². The van der Waals surface area contributed by atoms with Crippen molar-refractivity contribution >= 4 is 16.9 Å². The molecule has 0 amide bonds. The van der Waals surface area contributed by atoms with Gasteiger partial charge in [-0.05, 0) is 124 Å². The number of Topliss-reactive ketones (excluding diaryl/α,β-unsaturated/α-hetero) is 1. The van der Waals surface area contributed by atoms with Crippen molar-refractivity contribution in [3.05, 3.63) is 112 Å². The number of carbonyl (C=O) groups is 1. The lowest BCUT2D eigenvalue weighted by Crippen LogP contribution is -2.38. The second-order valence-electron chi connectivity index (χ2n) is 16.5. The van der Waals surface area contributed by atoms with Gasteiger partial charge in [0.25, 0.3) is 0 Å². The highest BCUT2D eigenvalue weighted by Crippen LogP contribution is 2.38. The molecule has 0 spiro atoms. The van der Waals surface area contributed by atoms with Gasteiger partial charge in [0.2, 0.25) is 0 Å². The van der Waals surface area contributed by atoms with Crippen LogP contribution < -0.4 is 15.2 Å². The van der Waals surface area contributed by atoms with Gasteiger partial charge in [0.05, 0.1) is 6.61 Å². The van der Waals surface area contributed by atoms with Gasteiger partial charge in [0, 0.05) is 18.3 Å². The molecule has 1 aliphatic rings. The normalized spacial score (nSPS) is 15.5. The summed E-state index contributed by atoms with van der Waals surface area (Å²) in [6.45, 7) is 21.1. The first-order chi connectivity index (χ1) is 25.6. The molecular weight excluding hydrogens is 645 g/mol. The van der Waals surface area contributed by atoms with E-state index in [1.165, 1.54) is 66.9 Å². The molecule has 2 nitrogen and oxygen atoms in total. The van der Waals surface area contributed by atoms with Crippen LogP contribution in [0.4, 0.5) is 0 Å². The van der Waals surface area contributed by atoms with Gasteiger partial charge >= 0.3 is 0 Å². The molecule has 0 N–H and O–H groups in total. The van der Waals surface area contributed by atoms with Crippen LogP contribution in [-0.2, 0) is 11.2 Å². The Labute approximate surface area is 321 Å². The first kappa shape index (κ1) is 40.3. The van der Waals surface area contributed by atoms with Crippen molar-refractivity contribution in [3.8, 4) is 28.0 Å². The molecule has 0 saturated carbocycles. The zero-order valence-electron chi connectivity index (χ0n) is 34.4. The summed E-state index contributed by atoms with van der Waals surface area (Å²) in [5.41, 5.74) is 12.3. The Hall–Kier alpha value is -3.91. The molecule has 0 saturated heterocycles. The first-order valence-electron chi connectivity index (χ1n) is 20.9. The fourth-order valence-corrected chi connectivity index (χ4v) is 8.53. The third-order valence-corrected chi connectivity index (χ3v) is 11.5. The lowest BCUT2D eigenvalue weighted by atomic mass is 9.75. The third-order valence-electron chi connectivity index (χ3n) is 11.5. The molecule has 5 rings (SSSR count). The Morgan fingerprint density at radius 3 is 1.89 bits per heavy atom. The number of carbonyl (C=O) groups excluding carboxylic acids is 1. The summed E-state index contributed by atoms with van der Waals surface area (Å²) in [6, 6.07) is 32.3. The van der Waals surface area contributed by atoms with Gasteiger partial charge in [-0.2, -0.15) is 0 Å². The smallest absolute Gasteiger partial charge is 0.136 e. The molecule has 3 atom stereocenters. The number of unbranched alkanes of at least 4 members (excludes halogenated alkanes) is 1. The summed E-state index contributed by atoms with van der Waals surface area (Å²) in [4.78, 5) is 12.9. The lowest BCUT2D eigenvalue weighted by Gasteiger charge is -2.29. The molecule has 2 heteroatoms. The van der Waals surface area contributed by atoms with Crippen molar-refractivity contribution in [2.75, 3.05) is 6.61 Å². The average Bonchev–Trinajstić information content (AvgIpc) is 3.17. The van der Waals surface area contributed by atoms with E-state index in [1.54, 1.807) is 0 Å². The van der Waals surface area contributed by atoms with Crippen molar-refractivity contribution in [3.63, 3.8) is 0 Å². The van der Waals surface area contributed by atoms with Gasteiger partial charge < -0.3 is 4.74 Å². The van der Waals surface area contributed by atoms with Gasteiger partial charge in [-0.3, -0.25) is 4.79 Å². The van der Waals surface area contributed by atoms with E-state index in [4.69, 9.17) is 4.74 Å². The van der Waals surface area contributed by atoms with Crippen LogP contribution >= 0.6 is 0 Å². The van der Waals surface area contributed by atoms with Crippen LogP contribution in [0.3, 0.4) is 0 Å². The highest BCUT2D eigenvalue weighted by atomic mass is 16.5. The maximum absolute atomic E-state index is 12.9. The van der Waals surface area contributed by atoms with E-state index in [2.05, 4.69) is 147 Å². The molecule has 0 fully saturated rings. The number of benzene rings is 4. The van der Waals surface area contributed by atoms with Crippen LogP contribution in [0.25, 0.3) is 33.4 Å². The van der Waals surface area contributed by atoms with E-state index in [-0.39, 0.29) is 5.92 Å². The van der Waals surface area contributed by atoms with Crippen molar-refractivity contribution in [2.45, 2.75) is 132 Å². The molecule has 1 aliphatic carbocycles. The minimum absolute atomic E-state index is 0.113. The Kier molecular flexibility index (Phi) is 14.4. The SMILES string of the molecule is CCCCC(=O)C(CC)Cc1ccc(C2CC(CC)=c3c(-c4ccc(C(C)CC(C)C)cc4)ccc(-c4ccc(OCC(C)C)cc4)c3=C2CC)cc1. The monoisotopic (exact) mass is 711 g/mol. The highest BCUT2D eigenvalue weighted by molar-refractivity contribution is 5.82. The zero-order valence-corrected chi connectivity index (χ0v) is 34.4. The zero-order chi connectivity index (χ0) is 38.1. The van der Waals surface area contributed by atoms with E-state index < -0.39 is 0 Å². The Morgan fingerprint density at radius 1 is 0.717 bits per heavy atom. The maximum atomic E-state index is 12.9. The minimum Gasteiger partial charge on any atom is -0.493 e. The molecule has 53 heavy (non-hydrogen) atoms. The van der Waals surface area contributed by atoms with E-state index >= 15 is 0 Å². The molecule has 0 heterocycles. The van der Waals surface area contributed by atoms with Crippen LogP contribution in [0.2, 0.25) is 0 Å². The van der Waals surface area contributed by atoms with Gasteiger partial charge in [-0.15, -0.1) is 0 Å². The second kappa shape index (κ2) is 18.9. The number of fused-ring (bicyclic) bond motifs is 1. The minimum atomic E-state index is 0.113. The quantitative estimate of drug-likeness (QED) is 0.103. The topological polar surface area (TPSA) is 26.3 Å². The van der Waals surface area contributed by atoms with Gasteiger partial charge in [0.1, 0.15) is 11.5 Å². The van der Waals surface area contributed by atoms with Gasteiger partial charge in [0.15, 0.2) is 0 Å². The van der Waals surface area contributed by atoms with Crippen LogP contribution in [0.5, 0.6) is 5.75 Å². The second-order valence-corrected chi connectivity index (χ2v) is 16.5. The summed E-state index contributed by atoms with van der Waals surface area (Å²) in [7, 11) is 0. The summed E-state index contributed by atoms with van der Waals surface area (Å²) in [5, 5.41) is 2.86. The van der Waals surface area contributed by atoms with Gasteiger partial charge in [-0.25, -0.2) is 0 Å². The third kappa shape index (κ3) is 9.80. The molecule has 0 radical (unpaired) electrons. The average molecular weight is 711 g/mol.